The van der Waals surface area contributed by atoms with Crippen LogP contribution in [0.25, 0.3) is 0 Å². The second-order valence-corrected chi connectivity index (χ2v) is 4.31. The quantitative estimate of drug-likeness (QED) is 0.697. The van der Waals surface area contributed by atoms with E-state index >= 15 is 0 Å². The summed E-state index contributed by atoms with van der Waals surface area (Å²) in [7, 11) is 2.04. The number of hydrogen-bond acceptors (Lipinski definition) is 4. The van der Waals surface area contributed by atoms with Crippen LogP contribution in [0.5, 0.6) is 0 Å². The molecule has 3 N–H and O–H groups in total. The molecule has 2 heterocycles. The lowest BCUT2D eigenvalue weighted by atomic mass is 10.1. The van der Waals surface area contributed by atoms with Crippen LogP contribution in [0.1, 0.15) is 18.5 Å². The minimum atomic E-state index is -0.0550. The highest BCUT2D eigenvalue weighted by Crippen LogP contribution is 2.03. The lowest BCUT2D eigenvalue weighted by molar-refractivity contribution is 0.277. The molecule has 1 fully saturated rings. The second kappa shape index (κ2) is 8.42. The van der Waals surface area contributed by atoms with E-state index in [9.17, 15) is 0 Å². The third kappa shape index (κ3) is 5.98. The fraction of sp³-hybridized carbons (Fsp3) is 0.583. The van der Waals surface area contributed by atoms with E-state index in [-0.39, 0.29) is 6.61 Å². The molecule has 96 valence electrons. The largest absolute Gasteiger partial charge is 0.390 e. The predicted molar refractivity (Wildman–Crippen MR) is 70.1 cm³/mol. The van der Waals surface area contributed by atoms with Gasteiger partial charge in [0.05, 0.1) is 12.3 Å². The third-order valence-electron chi connectivity index (χ3n) is 2.68. The van der Waals surface area contributed by atoms with Gasteiger partial charge in [0.1, 0.15) is 5.15 Å². The van der Waals surface area contributed by atoms with Gasteiger partial charge in [-0.3, -0.25) is 0 Å². The molecule has 0 amide bonds. The van der Waals surface area contributed by atoms with Crippen molar-refractivity contribution in [3.8, 4) is 0 Å². The maximum absolute atomic E-state index is 8.54. The third-order valence-corrected chi connectivity index (χ3v) is 2.89. The molecule has 0 radical (unpaired) electrons. The van der Waals surface area contributed by atoms with E-state index < -0.39 is 0 Å². The summed E-state index contributed by atoms with van der Waals surface area (Å²) in [6, 6.07) is 5.91. The first-order valence-corrected chi connectivity index (χ1v) is 6.24. The minimum absolute atomic E-state index is 0.0550. The van der Waals surface area contributed by atoms with E-state index in [0.717, 1.165) is 6.04 Å². The Bertz CT molecular complexity index is 316. The Hall–Kier alpha value is -0.680. The minimum Gasteiger partial charge on any atom is -0.390 e. The van der Waals surface area contributed by atoms with Gasteiger partial charge >= 0.3 is 0 Å². The fourth-order valence-corrected chi connectivity index (χ4v) is 1.83. The molecule has 0 aromatic carbocycles. The van der Waals surface area contributed by atoms with Crippen molar-refractivity contribution >= 4 is 11.6 Å². The zero-order valence-electron chi connectivity index (χ0n) is 10.1. The highest BCUT2D eigenvalue weighted by Gasteiger charge is 2.08. The number of aliphatic hydroxyl groups is 1. The summed E-state index contributed by atoms with van der Waals surface area (Å²) in [6.45, 7) is 2.32. The molecule has 1 aliphatic heterocycles. The van der Waals surface area contributed by atoms with E-state index in [1.807, 2.05) is 7.05 Å². The highest BCUT2D eigenvalue weighted by molar-refractivity contribution is 6.29. The number of pyridine rings is 1. The topological polar surface area (TPSA) is 57.2 Å². The van der Waals surface area contributed by atoms with E-state index in [4.69, 9.17) is 16.7 Å². The van der Waals surface area contributed by atoms with Crippen molar-refractivity contribution in [1.82, 2.24) is 15.6 Å². The smallest absolute Gasteiger partial charge is 0.129 e. The molecule has 0 unspecified atom stereocenters. The lowest BCUT2D eigenvalue weighted by Gasteiger charge is -2.21. The average molecular weight is 258 g/mol. The van der Waals surface area contributed by atoms with Crippen molar-refractivity contribution in [2.24, 2.45) is 0 Å². The van der Waals surface area contributed by atoms with E-state index in [0.29, 0.717) is 10.8 Å². The maximum atomic E-state index is 8.54. The summed E-state index contributed by atoms with van der Waals surface area (Å²) in [5.74, 6) is 0. The van der Waals surface area contributed by atoms with Crippen molar-refractivity contribution in [2.75, 3.05) is 20.1 Å². The van der Waals surface area contributed by atoms with Gasteiger partial charge in [0.2, 0.25) is 0 Å². The van der Waals surface area contributed by atoms with Crippen LogP contribution in [0, 0.1) is 0 Å². The van der Waals surface area contributed by atoms with Crippen molar-refractivity contribution in [3.63, 3.8) is 0 Å². The Kier molecular flexibility index (Phi) is 7.12. The van der Waals surface area contributed by atoms with Crippen molar-refractivity contribution in [3.05, 3.63) is 29.0 Å². The maximum Gasteiger partial charge on any atom is 0.129 e. The van der Waals surface area contributed by atoms with Crippen LogP contribution in [0.3, 0.4) is 0 Å². The molecule has 1 aromatic heterocycles. The van der Waals surface area contributed by atoms with Gasteiger partial charge in [-0.05, 0) is 45.1 Å². The monoisotopic (exact) mass is 257 g/mol. The zero-order chi connectivity index (χ0) is 12.5. The molecule has 4 nitrogen and oxygen atoms in total. The van der Waals surface area contributed by atoms with Crippen LogP contribution in [0.4, 0.5) is 0 Å². The molecule has 0 atom stereocenters. The van der Waals surface area contributed by atoms with Gasteiger partial charge in [-0.15, -0.1) is 0 Å². The zero-order valence-corrected chi connectivity index (χ0v) is 10.9. The molecule has 1 aromatic rings. The number of piperidine rings is 1. The second-order valence-electron chi connectivity index (χ2n) is 3.92. The summed E-state index contributed by atoms with van der Waals surface area (Å²) in [4.78, 5) is 3.81. The first kappa shape index (κ1) is 14.4. The normalized spacial score (nSPS) is 16.2. The van der Waals surface area contributed by atoms with Crippen LogP contribution in [-0.2, 0) is 6.61 Å². The van der Waals surface area contributed by atoms with Gasteiger partial charge in [-0.1, -0.05) is 17.7 Å². The molecule has 5 heteroatoms. The molecular formula is C12H20ClN3O. The van der Waals surface area contributed by atoms with Crippen molar-refractivity contribution in [1.29, 1.82) is 0 Å². The Balaban J connectivity index is 0.000000171. The number of aliphatic hydroxyl groups excluding tert-OH is 1. The molecule has 0 spiro atoms. The molecule has 0 bridgehead atoms. The lowest BCUT2D eigenvalue weighted by Crippen LogP contribution is -2.37. The standard InChI is InChI=1S/C6H6ClNO.C6H14N2/c7-6-3-1-2-5(4-9)8-6;1-7-6-2-4-8-5-3-6/h1-3,9H,4H2;6-8H,2-5H2,1H3. The highest BCUT2D eigenvalue weighted by atomic mass is 35.5. The molecule has 0 saturated carbocycles. The fourth-order valence-electron chi connectivity index (χ4n) is 1.65. The predicted octanol–water partition coefficient (Wildman–Crippen LogP) is 1.19. The van der Waals surface area contributed by atoms with Gasteiger partial charge in [0, 0.05) is 6.04 Å². The number of nitrogens with zero attached hydrogens (tertiary/aromatic N) is 1. The SMILES string of the molecule is CNC1CCNCC1.OCc1cccc(Cl)n1. The Morgan fingerprint density at radius 2 is 2.18 bits per heavy atom. The number of rotatable bonds is 2. The Morgan fingerprint density at radius 3 is 2.59 bits per heavy atom. The van der Waals surface area contributed by atoms with Crippen LogP contribution >= 0.6 is 11.6 Å². The number of hydrogen-bond donors (Lipinski definition) is 3. The van der Waals surface area contributed by atoms with Gasteiger partial charge in [-0.25, -0.2) is 4.98 Å². The summed E-state index contributed by atoms with van der Waals surface area (Å²) in [5, 5.41) is 15.5. The molecule has 2 rings (SSSR count). The van der Waals surface area contributed by atoms with Crippen LogP contribution < -0.4 is 10.6 Å². The van der Waals surface area contributed by atoms with Crippen LogP contribution in [0.15, 0.2) is 18.2 Å². The number of aromatic nitrogens is 1. The summed E-state index contributed by atoms with van der Waals surface area (Å²) in [5.41, 5.74) is 0.600. The van der Waals surface area contributed by atoms with E-state index in [2.05, 4.69) is 15.6 Å². The van der Waals surface area contributed by atoms with Crippen LogP contribution in [0.2, 0.25) is 5.15 Å². The Morgan fingerprint density at radius 1 is 1.47 bits per heavy atom. The summed E-state index contributed by atoms with van der Waals surface area (Å²) >= 11 is 5.50. The molecular weight excluding hydrogens is 238 g/mol. The molecule has 1 aliphatic rings. The first-order chi connectivity index (χ1) is 8.26. The Labute approximate surface area is 107 Å². The van der Waals surface area contributed by atoms with Crippen molar-refractivity contribution < 1.29 is 5.11 Å². The molecule has 1 saturated heterocycles. The molecule has 0 aliphatic carbocycles. The van der Waals surface area contributed by atoms with Crippen molar-refractivity contribution in [2.45, 2.75) is 25.5 Å². The van der Waals surface area contributed by atoms with Gasteiger partial charge in [0.25, 0.3) is 0 Å². The first-order valence-electron chi connectivity index (χ1n) is 5.86. The van der Waals surface area contributed by atoms with Gasteiger partial charge < -0.3 is 15.7 Å². The summed E-state index contributed by atoms with van der Waals surface area (Å²) < 4.78 is 0. The van der Waals surface area contributed by atoms with Crippen LogP contribution in [-0.4, -0.2) is 36.3 Å². The van der Waals surface area contributed by atoms with E-state index in [1.165, 1.54) is 25.9 Å². The number of halogens is 1. The van der Waals surface area contributed by atoms with Gasteiger partial charge in [0.15, 0.2) is 0 Å². The van der Waals surface area contributed by atoms with E-state index in [1.54, 1.807) is 18.2 Å². The molecule has 17 heavy (non-hydrogen) atoms. The number of nitrogens with one attached hydrogen (secondary N) is 2. The average Bonchev–Trinajstić information content (AvgIpc) is 2.40. The van der Waals surface area contributed by atoms with Gasteiger partial charge in [-0.2, -0.15) is 0 Å². The summed E-state index contributed by atoms with van der Waals surface area (Å²) in [6.07, 6.45) is 2.58.